The third kappa shape index (κ3) is 23.4. The standard InChI is InChI=1S/C19H22Cl2N6O2.C19H24Cl2N6O2.2C18H20Cl2N6O2/c1-12-10-29-7-6-26(12)4-5-27-11-23-17-16(27)18(28)25-19(24-17)22-9-13-2-3-14(20)15(21)8-13;1-3-29-12(2)9-22-6-7-27-11-24-17-16(27)18(28)26-19(25-17)23-10-13-4-5-14(20)15(21)8-13;2*19-13-2-1-12(9-14(13)20)10-21-18-23-16-15(17(27)24-18)26(11-22-16)4-3-25-5-7-28-8-6-25/h2-3,8,11-12H,4-7,9-10H2,1H3,(H2,22,24,25,28);4-5,8,11-12,22H,3,6-7,9-10H2,1-2H3,(H2,23,25,26,28);2*1-2,9,11H,3-8,10H2,(H2,21,23,24,27)/i6D2,12D;8D,10D2,12D;3D2,4D2,10D2;3D2,4D2. The third-order valence-electron chi connectivity index (χ3n) is 16.8. The Balaban J connectivity index is 0.000000158. The van der Waals surface area contributed by atoms with Gasteiger partial charge < -0.3 is 63.8 Å². The topological polar surface area (TPSA) is 361 Å². The number of benzene rings is 4. The number of fused-ring (bicyclic) bond motifs is 4. The molecule has 0 amide bonds. The molecular formula is C74H86Cl8N24O8. The van der Waals surface area contributed by atoms with Crippen molar-refractivity contribution in [2.24, 2.45) is 0 Å². The Morgan fingerprint density at radius 1 is 0.518 bits per heavy atom. The first-order valence-electron chi connectivity index (χ1n) is 43.5. The highest BCUT2D eigenvalue weighted by atomic mass is 35.5. The van der Waals surface area contributed by atoms with E-state index >= 15 is 0 Å². The number of nitrogens with one attached hydrogen (secondary N) is 9. The normalized spacial score (nSPS) is 19.4. The van der Waals surface area contributed by atoms with E-state index in [9.17, 15) is 19.2 Å². The zero-order valence-electron chi connectivity index (χ0n) is 77.9. The molecule has 15 rings (SSSR count). The number of ether oxygens (including phenoxy) is 4. The van der Waals surface area contributed by atoms with E-state index in [1.807, 2.05) is 13.0 Å². The highest BCUT2D eigenvalue weighted by Gasteiger charge is 2.22. The maximum absolute atomic E-state index is 12.9. The van der Waals surface area contributed by atoms with Crippen LogP contribution in [0, 0.1) is 0 Å². The molecule has 0 bridgehead atoms. The molecule has 0 spiro atoms. The minimum atomic E-state index is -2.68. The summed E-state index contributed by atoms with van der Waals surface area (Å²) in [4.78, 5) is 98.6. The Morgan fingerprint density at radius 3 is 1.37 bits per heavy atom. The quantitative estimate of drug-likeness (QED) is 0.0206. The number of aromatic amines is 4. The summed E-state index contributed by atoms with van der Waals surface area (Å²) in [5.74, 6) is 0.00116. The molecule has 2 atom stereocenters. The molecule has 3 aliphatic heterocycles. The van der Waals surface area contributed by atoms with Crippen molar-refractivity contribution in [1.29, 1.82) is 0 Å². The summed E-state index contributed by atoms with van der Waals surface area (Å²) in [5, 5.41) is 16.3. The summed E-state index contributed by atoms with van der Waals surface area (Å²) in [6.45, 7) is -6.59. The molecule has 114 heavy (non-hydrogen) atoms. The molecule has 0 radical (unpaired) electrons. The number of imidazole rings is 4. The van der Waals surface area contributed by atoms with E-state index in [0.29, 0.717) is 72.6 Å². The predicted molar refractivity (Wildman–Crippen MR) is 448 cm³/mol. The van der Waals surface area contributed by atoms with Gasteiger partial charge in [-0.25, -0.2) is 19.9 Å². The van der Waals surface area contributed by atoms with E-state index < -0.39 is 74.3 Å². The van der Waals surface area contributed by atoms with Crippen LogP contribution >= 0.6 is 92.8 Å². The van der Waals surface area contributed by atoms with Gasteiger partial charge in [-0.15, -0.1) is 0 Å². The first kappa shape index (κ1) is 64.6. The van der Waals surface area contributed by atoms with E-state index in [1.165, 1.54) is 57.7 Å². The fraction of sp³-hybridized carbons (Fsp3) is 0.405. The van der Waals surface area contributed by atoms with Crippen LogP contribution in [0.3, 0.4) is 0 Å². The van der Waals surface area contributed by atoms with Crippen molar-refractivity contribution in [2.45, 2.75) is 85.0 Å². The molecule has 2 unspecified atom stereocenters. The van der Waals surface area contributed by atoms with Crippen LogP contribution < -0.4 is 48.8 Å². The van der Waals surface area contributed by atoms with E-state index in [2.05, 4.69) is 86.4 Å². The van der Waals surface area contributed by atoms with Gasteiger partial charge in [0.05, 0.1) is 125 Å². The molecule has 12 aromatic rings. The number of aromatic nitrogens is 16. The number of hydrogen-bond acceptors (Lipinski definition) is 24. The smallest absolute Gasteiger partial charge is 0.278 e. The fourth-order valence-electron chi connectivity index (χ4n) is 11.0. The number of rotatable bonds is 28. The van der Waals surface area contributed by atoms with Crippen molar-refractivity contribution in [2.75, 3.05) is 133 Å². The summed E-state index contributed by atoms with van der Waals surface area (Å²) in [5.41, 5.74) is -0.326. The number of aryl methyl sites for hydroxylation is 2. The van der Waals surface area contributed by atoms with E-state index in [4.69, 9.17) is 135 Å². The lowest BCUT2D eigenvalue weighted by molar-refractivity contribution is -0.00153. The molecule has 4 aromatic carbocycles. The lowest BCUT2D eigenvalue weighted by atomic mass is 10.2. The largest absolute Gasteiger partial charge is 0.379 e. The Bertz CT molecular complexity index is 6360. The second-order valence-electron chi connectivity index (χ2n) is 24.8. The molecule has 40 heteroatoms. The van der Waals surface area contributed by atoms with Gasteiger partial charge in [-0.3, -0.25) is 53.8 Å². The van der Waals surface area contributed by atoms with E-state index in [0.717, 1.165) is 32.9 Å². The number of H-pyrrole nitrogens is 4. The first-order chi connectivity index (χ1) is 61.5. The summed E-state index contributed by atoms with van der Waals surface area (Å²) in [7, 11) is 0. The second kappa shape index (κ2) is 41.4. The predicted octanol–water partition coefficient (Wildman–Crippen LogP) is 10.6. The zero-order valence-corrected chi connectivity index (χ0v) is 66.9. The molecule has 3 fully saturated rings. The number of anilines is 4. The van der Waals surface area contributed by atoms with Gasteiger partial charge in [0.2, 0.25) is 23.8 Å². The third-order valence-corrected chi connectivity index (χ3v) is 19.7. The van der Waals surface area contributed by atoms with Gasteiger partial charge in [0, 0.05) is 140 Å². The van der Waals surface area contributed by atoms with E-state index in [-0.39, 0.29) is 177 Å². The maximum Gasteiger partial charge on any atom is 0.278 e. The molecule has 11 heterocycles. The van der Waals surface area contributed by atoms with Gasteiger partial charge in [-0.2, -0.15) is 19.9 Å². The second-order valence-corrected chi connectivity index (χ2v) is 28.0. The van der Waals surface area contributed by atoms with Crippen LogP contribution in [0.15, 0.2) is 117 Å². The van der Waals surface area contributed by atoms with Gasteiger partial charge in [-0.05, 0) is 91.5 Å². The number of morpholine rings is 3. The Labute approximate surface area is 717 Å². The molecule has 9 N–H and O–H groups in total. The zero-order chi connectivity index (χ0) is 95.5. The van der Waals surface area contributed by atoms with Crippen molar-refractivity contribution in [3.63, 3.8) is 0 Å². The fourth-order valence-corrected chi connectivity index (χ4v) is 12.2. The molecule has 606 valence electrons. The lowest BCUT2D eigenvalue weighted by Gasteiger charge is -2.33. The number of halogens is 8. The van der Waals surface area contributed by atoms with Crippen LogP contribution in [0.1, 0.15) is 66.3 Å². The van der Waals surface area contributed by atoms with Crippen molar-refractivity contribution >= 4 is 161 Å². The van der Waals surface area contributed by atoms with Crippen LogP contribution in [0.25, 0.3) is 44.7 Å². The van der Waals surface area contributed by atoms with Crippen LogP contribution in [0.5, 0.6) is 0 Å². The van der Waals surface area contributed by atoms with Crippen LogP contribution in [0.4, 0.5) is 23.8 Å². The van der Waals surface area contributed by atoms with Gasteiger partial charge >= 0.3 is 0 Å². The first-order valence-corrected chi connectivity index (χ1v) is 38.0. The van der Waals surface area contributed by atoms with Crippen molar-refractivity contribution in [3.05, 3.63) is 202 Å². The minimum Gasteiger partial charge on any atom is -0.379 e. The average molecular weight is 1740 g/mol. The summed E-state index contributed by atoms with van der Waals surface area (Å²) in [6.07, 6.45) is 4.01. The highest BCUT2D eigenvalue weighted by molar-refractivity contribution is 6.43. The molecule has 32 nitrogen and oxygen atoms in total. The van der Waals surface area contributed by atoms with Gasteiger partial charge in [0.1, 0.15) is 0 Å². The van der Waals surface area contributed by atoms with Crippen LogP contribution in [0.2, 0.25) is 40.2 Å². The van der Waals surface area contributed by atoms with Crippen molar-refractivity contribution in [1.82, 2.24) is 98.1 Å². The molecule has 3 aliphatic rings. The van der Waals surface area contributed by atoms with Crippen molar-refractivity contribution < 1.29 is 42.3 Å². The Hall–Kier alpha value is -8.52. The number of nitrogens with zero attached hydrogens (tertiary/aromatic N) is 15. The van der Waals surface area contributed by atoms with Crippen LogP contribution in [-0.2, 0) is 71.1 Å². The van der Waals surface area contributed by atoms with E-state index in [1.54, 1.807) is 53.3 Å². The van der Waals surface area contributed by atoms with Crippen LogP contribution in [-0.4, -0.2) is 216 Å². The lowest BCUT2D eigenvalue weighted by Crippen LogP contribution is -2.44. The maximum atomic E-state index is 12.9. The monoisotopic (exact) mass is 1740 g/mol. The summed E-state index contributed by atoms with van der Waals surface area (Å²) < 4.78 is 168. The summed E-state index contributed by atoms with van der Waals surface area (Å²) in [6, 6.07) is 15.8. The number of hydrogen-bond donors (Lipinski definition) is 9. The Kier molecular flexibility index (Phi) is 23.4. The van der Waals surface area contributed by atoms with Gasteiger partial charge in [-0.1, -0.05) is 117 Å². The molecular weight excluding hydrogens is 1640 g/mol. The van der Waals surface area contributed by atoms with Crippen molar-refractivity contribution in [3.8, 4) is 0 Å². The molecule has 0 aliphatic carbocycles. The average Bonchev–Trinajstić information content (AvgIpc) is 1.63. The highest BCUT2D eigenvalue weighted by Crippen LogP contribution is 2.27. The SMILES string of the molecule is [2H]C([2H])(N1CCOCC1)C([2H])([2H])n1cnc2nc(NCc3ccc(Cl)c(Cl)c3)[nH]c(=O)c21.[2H]C([2H])(Nc1nc2ncn(C([2H])([2H])C([2H])([2H])N3CCOCC3)c2c(=O)[nH]1)c1ccc(Cl)c(Cl)c1.[2H]C1([2H])COCC([2H])(C)N1CCn1cnc2nc(NCc3ccc(Cl)c(Cl)c3)[nH]c(=O)c21.[2H]c1c(C([2H])([2H])Nc2nc3ncn(CCNCC([2H])(C)OCC)c3c(=O)[nH]2)ccc(Cl)c1Cl. The van der Waals surface area contributed by atoms with Gasteiger partial charge in [0.25, 0.3) is 22.2 Å². The molecule has 3 saturated heterocycles. The molecule has 0 saturated carbocycles. The molecule has 8 aromatic heterocycles. The summed E-state index contributed by atoms with van der Waals surface area (Å²) >= 11 is 47.6. The Morgan fingerprint density at radius 2 is 0.912 bits per heavy atom. The minimum absolute atomic E-state index is 0.00737. The van der Waals surface area contributed by atoms with Gasteiger partial charge in [0.15, 0.2) is 44.7 Å².